The van der Waals surface area contributed by atoms with Crippen molar-refractivity contribution in [3.8, 4) is 0 Å². The SMILES string of the molecule is C=CCON1C(=O)N2CC1c1ccccc1N2C(N)=O. The highest BCUT2D eigenvalue weighted by atomic mass is 16.7. The van der Waals surface area contributed by atoms with Gasteiger partial charge in [-0.1, -0.05) is 24.3 Å². The van der Waals surface area contributed by atoms with Crippen LogP contribution in [0.4, 0.5) is 15.3 Å². The number of nitrogens with zero attached hydrogens (tertiary/aromatic N) is 3. The number of benzene rings is 1. The van der Waals surface area contributed by atoms with Crippen LogP contribution in [0.3, 0.4) is 0 Å². The lowest BCUT2D eigenvalue weighted by atomic mass is 10.0. The van der Waals surface area contributed by atoms with Gasteiger partial charge in [-0.05, 0) is 6.07 Å². The largest absolute Gasteiger partial charge is 0.363 e. The zero-order valence-corrected chi connectivity index (χ0v) is 10.7. The van der Waals surface area contributed by atoms with Crippen LogP contribution in [0.25, 0.3) is 0 Å². The summed E-state index contributed by atoms with van der Waals surface area (Å²) in [7, 11) is 0. The molecule has 1 fully saturated rings. The van der Waals surface area contributed by atoms with Gasteiger partial charge in [-0.15, -0.1) is 6.58 Å². The van der Waals surface area contributed by atoms with Gasteiger partial charge in [0, 0.05) is 5.56 Å². The molecule has 7 heteroatoms. The van der Waals surface area contributed by atoms with Crippen molar-refractivity contribution in [2.75, 3.05) is 18.2 Å². The number of hydrogen-bond acceptors (Lipinski definition) is 3. The summed E-state index contributed by atoms with van der Waals surface area (Å²) in [6, 6.07) is 5.89. The molecule has 2 aliphatic heterocycles. The number of anilines is 1. The van der Waals surface area contributed by atoms with Crippen LogP contribution < -0.4 is 10.7 Å². The molecule has 20 heavy (non-hydrogen) atoms. The number of rotatable bonds is 3. The summed E-state index contributed by atoms with van der Waals surface area (Å²) >= 11 is 0. The van der Waals surface area contributed by atoms with Gasteiger partial charge in [0.2, 0.25) is 0 Å². The Morgan fingerprint density at radius 1 is 1.50 bits per heavy atom. The molecule has 0 aliphatic carbocycles. The number of hydroxylamine groups is 2. The van der Waals surface area contributed by atoms with Crippen molar-refractivity contribution in [1.82, 2.24) is 10.1 Å². The number of amides is 4. The highest BCUT2D eigenvalue weighted by molar-refractivity contribution is 5.97. The summed E-state index contributed by atoms with van der Waals surface area (Å²) < 4.78 is 0. The molecule has 0 spiro atoms. The maximum Gasteiger partial charge on any atom is 0.363 e. The van der Waals surface area contributed by atoms with Gasteiger partial charge in [0.25, 0.3) is 0 Å². The lowest BCUT2D eigenvalue weighted by Crippen LogP contribution is -2.52. The molecule has 2 N–H and O–H groups in total. The van der Waals surface area contributed by atoms with E-state index in [1.165, 1.54) is 15.1 Å². The monoisotopic (exact) mass is 274 g/mol. The third kappa shape index (κ3) is 1.64. The van der Waals surface area contributed by atoms with Crippen molar-refractivity contribution in [1.29, 1.82) is 0 Å². The van der Waals surface area contributed by atoms with Gasteiger partial charge in [0.05, 0.1) is 18.8 Å². The smallest absolute Gasteiger partial charge is 0.350 e. The Morgan fingerprint density at radius 2 is 2.25 bits per heavy atom. The van der Waals surface area contributed by atoms with Crippen LogP contribution in [0, 0.1) is 0 Å². The van der Waals surface area contributed by atoms with Crippen molar-refractivity contribution in [2.45, 2.75) is 6.04 Å². The first-order valence-corrected chi connectivity index (χ1v) is 6.18. The van der Waals surface area contributed by atoms with Gasteiger partial charge in [0.15, 0.2) is 0 Å². The highest BCUT2D eigenvalue weighted by Crippen LogP contribution is 2.42. The lowest BCUT2D eigenvalue weighted by Gasteiger charge is -2.33. The molecule has 2 aliphatic rings. The first-order valence-electron chi connectivity index (χ1n) is 6.18. The second-order valence-electron chi connectivity index (χ2n) is 4.50. The van der Waals surface area contributed by atoms with Crippen LogP contribution in [0.2, 0.25) is 0 Å². The Hall–Kier alpha value is -2.54. The zero-order chi connectivity index (χ0) is 14.3. The van der Waals surface area contributed by atoms with Crippen LogP contribution in [0.1, 0.15) is 11.6 Å². The zero-order valence-electron chi connectivity index (χ0n) is 10.7. The van der Waals surface area contributed by atoms with Crippen molar-refractivity contribution in [2.24, 2.45) is 5.73 Å². The van der Waals surface area contributed by atoms with Crippen molar-refractivity contribution >= 4 is 17.7 Å². The first kappa shape index (κ1) is 12.5. The summed E-state index contributed by atoms with van der Waals surface area (Å²) in [5, 5.41) is 3.74. The number of carbonyl (C=O) groups excluding carboxylic acids is 2. The second-order valence-corrected chi connectivity index (χ2v) is 4.50. The Balaban J connectivity index is 2.06. The van der Waals surface area contributed by atoms with Gasteiger partial charge in [-0.25, -0.2) is 14.6 Å². The fourth-order valence-corrected chi connectivity index (χ4v) is 2.56. The molecule has 2 bridgehead atoms. The molecule has 0 radical (unpaired) electrons. The highest BCUT2D eigenvalue weighted by Gasteiger charge is 2.49. The third-order valence-electron chi connectivity index (χ3n) is 3.34. The predicted octanol–water partition coefficient (Wildman–Crippen LogP) is 1.40. The standard InChI is InChI=1S/C13H14N4O3/c1-2-7-20-17-11-8-15(13(17)19)16(12(14)18)10-6-4-3-5-9(10)11/h2-6,11H,1,7-8H2,(H2,14,18). The molecular weight excluding hydrogens is 260 g/mol. The molecular formula is C13H14N4O3. The average molecular weight is 274 g/mol. The van der Waals surface area contributed by atoms with E-state index < -0.39 is 12.1 Å². The number of primary amides is 1. The number of urea groups is 2. The normalized spacial score (nSPS) is 20.1. The van der Waals surface area contributed by atoms with Gasteiger partial charge >= 0.3 is 12.1 Å². The van der Waals surface area contributed by atoms with E-state index in [2.05, 4.69) is 6.58 Å². The lowest BCUT2D eigenvalue weighted by molar-refractivity contribution is -0.118. The molecule has 2 heterocycles. The Kier molecular flexibility index (Phi) is 2.83. The topological polar surface area (TPSA) is 79.1 Å². The van der Waals surface area contributed by atoms with Crippen LogP contribution in [-0.4, -0.2) is 35.3 Å². The predicted molar refractivity (Wildman–Crippen MR) is 71.3 cm³/mol. The van der Waals surface area contributed by atoms with Crippen LogP contribution >= 0.6 is 0 Å². The molecule has 1 unspecified atom stereocenters. The van der Waals surface area contributed by atoms with E-state index in [0.29, 0.717) is 12.2 Å². The number of nitrogens with two attached hydrogens (primary N) is 1. The Labute approximate surface area is 115 Å². The number of hydrogen-bond donors (Lipinski definition) is 1. The number of carbonyl (C=O) groups is 2. The fraction of sp³-hybridized carbons (Fsp3) is 0.231. The quantitative estimate of drug-likeness (QED) is 0.846. The summed E-state index contributed by atoms with van der Waals surface area (Å²) in [5.74, 6) is 0. The van der Waals surface area contributed by atoms with Gasteiger partial charge in [-0.3, -0.25) is 4.84 Å². The number of para-hydroxylation sites is 1. The van der Waals surface area contributed by atoms with E-state index in [1.807, 2.05) is 12.1 Å². The van der Waals surface area contributed by atoms with Crippen molar-refractivity contribution in [3.63, 3.8) is 0 Å². The number of hydrazine groups is 1. The first-order chi connectivity index (χ1) is 9.65. The molecule has 1 atom stereocenters. The van der Waals surface area contributed by atoms with Crippen molar-refractivity contribution < 1.29 is 14.4 Å². The Bertz CT molecular complexity index is 589. The molecule has 7 nitrogen and oxygen atoms in total. The summed E-state index contributed by atoms with van der Waals surface area (Å²) in [6.07, 6.45) is 1.56. The van der Waals surface area contributed by atoms with E-state index in [1.54, 1.807) is 18.2 Å². The summed E-state index contributed by atoms with van der Waals surface area (Å²) in [5.41, 5.74) is 6.83. The molecule has 0 aromatic heterocycles. The van der Waals surface area contributed by atoms with E-state index in [-0.39, 0.29) is 12.6 Å². The fourth-order valence-electron chi connectivity index (χ4n) is 2.56. The Morgan fingerprint density at radius 3 is 2.95 bits per heavy atom. The third-order valence-corrected chi connectivity index (χ3v) is 3.34. The molecule has 1 aromatic carbocycles. The van der Waals surface area contributed by atoms with Crippen LogP contribution in [0.5, 0.6) is 0 Å². The minimum Gasteiger partial charge on any atom is -0.350 e. The van der Waals surface area contributed by atoms with E-state index in [4.69, 9.17) is 10.6 Å². The van der Waals surface area contributed by atoms with Crippen molar-refractivity contribution in [3.05, 3.63) is 42.5 Å². The molecule has 104 valence electrons. The second kappa shape index (κ2) is 4.53. The minimum atomic E-state index is -0.699. The summed E-state index contributed by atoms with van der Waals surface area (Å²) in [6.45, 7) is 4.10. The average Bonchev–Trinajstić information content (AvgIpc) is 2.71. The van der Waals surface area contributed by atoms with E-state index in [9.17, 15) is 9.59 Å². The van der Waals surface area contributed by atoms with Gasteiger partial charge in [-0.2, -0.15) is 10.1 Å². The van der Waals surface area contributed by atoms with Crippen LogP contribution in [-0.2, 0) is 4.84 Å². The molecule has 4 amide bonds. The summed E-state index contributed by atoms with van der Waals surface area (Å²) in [4.78, 5) is 29.4. The maximum atomic E-state index is 12.3. The van der Waals surface area contributed by atoms with Gasteiger partial charge in [0.1, 0.15) is 6.04 Å². The van der Waals surface area contributed by atoms with Gasteiger partial charge < -0.3 is 5.73 Å². The molecule has 3 rings (SSSR count). The number of fused-ring (bicyclic) bond motifs is 4. The molecule has 1 saturated heterocycles. The molecule has 0 saturated carbocycles. The maximum absolute atomic E-state index is 12.3. The molecule has 1 aromatic rings. The van der Waals surface area contributed by atoms with E-state index in [0.717, 1.165) is 5.56 Å². The minimum absolute atomic E-state index is 0.217. The van der Waals surface area contributed by atoms with E-state index >= 15 is 0 Å². The van der Waals surface area contributed by atoms with Crippen LogP contribution in [0.15, 0.2) is 36.9 Å².